The van der Waals surface area contributed by atoms with Crippen LogP contribution in [0, 0.1) is 0 Å². The summed E-state index contributed by atoms with van der Waals surface area (Å²) in [5.41, 5.74) is -1.46. The second kappa shape index (κ2) is 3.43. The Balaban J connectivity index is 2.34. The van der Waals surface area contributed by atoms with Gasteiger partial charge in [-0.05, 0) is 26.7 Å². The summed E-state index contributed by atoms with van der Waals surface area (Å²) in [6.07, 6.45) is 0.847. The van der Waals surface area contributed by atoms with Gasteiger partial charge in [-0.25, -0.2) is 0 Å². The summed E-state index contributed by atoms with van der Waals surface area (Å²) in [4.78, 5) is 13.9. The maximum atomic E-state index is 12.2. The van der Waals surface area contributed by atoms with Crippen LogP contribution in [0.1, 0.15) is 26.7 Å². The first kappa shape index (κ1) is 11.4. The molecule has 0 saturated carbocycles. The zero-order chi connectivity index (χ0) is 11.3. The molecule has 2 heterocycles. The largest absolute Gasteiger partial charge is 0.366 e. The zero-order valence-corrected chi connectivity index (χ0v) is 10.6. The zero-order valence-electron chi connectivity index (χ0n) is 8.99. The number of hydrogen-bond donors (Lipinski definition) is 1. The smallest absolute Gasteiger partial charge is 0.256 e. The number of aliphatic hydroxyl groups is 1. The normalized spacial score (nSPS) is 45.7. The Morgan fingerprint density at radius 2 is 2.33 bits per heavy atom. The second-order valence-electron chi connectivity index (χ2n) is 4.75. The van der Waals surface area contributed by atoms with Crippen LogP contribution in [0.4, 0.5) is 0 Å². The average molecular weight is 278 g/mol. The van der Waals surface area contributed by atoms with E-state index in [0.29, 0.717) is 5.33 Å². The number of amides is 1. The topological polar surface area (TPSA) is 49.8 Å². The van der Waals surface area contributed by atoms with Crippen molar-refractivity contribution in [2.45, 2.75) is 44.1 Å². The van der Waals surface area contributed by atoms with E-state index in [1.54, 1.807) is 11.8 Å². The SMILES string of the molecule is CC12CCCN1C(=O)[C@](C)(CBr)OC2O. The van der Waals surface area contributed by atoms with E-state index in [1.165, 1.54) is 0 Å². The van der Waals surface area contributed by atoms with Gasteiger partial charge in [-0.15, -0.1) is 0 Å². The highest BCUT2D eigenvalue weighted by molar-refractivity contribution is 9.09. The molecule has 2 aliphatic heterocycles. The highest BCUT2D eigenvalue weighted by atomic mass is 79.9. The number of carbonyl (C=O) groups excluding carboxylic acids is 1. The highest BCUT2D eigenvalue weighted by Crippen LogP contribution is 2.41. The van der Waals surface area contributed by atoms with Crippen LogP contribution in [0.2, 0.25) is 0 Å². The van der Waals surface area contributed by atoms with Gasteiger partial charge in [-0.2, -0.15) is 0 Å². The molecular formula is C10H16BrNO3. The number of rotatable bonds is 1. The Kier molecular flexibility index (Phi) is 2.60. The van der Waals surface area contributed by atoms with Gasteiger partial charge in [-0.3, -0.25) is 4.79 Å². The predicted molar refractivity (Wildman–Crippen MR) is 58.6 cm³/mol. The van der Waals surface area contributed by atoms with E-state index in [4.69, 9.17) is 4.74 Å². The summed E-state index contributed by atoms with van der Waals surface area (Å²) in [5, 5.41) is 10.4. The fourth-order valence-corrected chi connectivity index (χ4v) is 2.75. The molecule has 0 bridgehead atoms. The van der Waals surface area contributed by atoms with E-state index < -0.39 is 17.4 Å². The maximum absolute atomic E-state index is 12.2. The standard InChI is InChI=1S/C10H16BrNO3/c1-9-4-3-5-12(9)7(13)10(2,6-11)15-8(9)14/h8,14H,3-6H2,1-2H3/t8?,9?,10-/m0/s1. The molecule has 1 amide bonds. The molecule has 2 rings (SSSR count). The Morgan fingerprint density at radius 1 is 1.67 bits per heavy atom. The van der Waals surface area contributed by atoms with Gasteiger partial charge in [0.2, 0.25) is 0 Å². The van der Waals surface area contributed by atoms with E-state index in [9.17, 15) is 9.90 Å². The van der Waals surface area contributed by atoms with Gasteiger partial charge >= 0.3 is 0 Å². The monoisotopic (exact) mass is 277 g/mol. The van der Waals surface area contributed by atoms with Crippen LogP contribution in [-0.2, 0) is 9.53 Å². The van der Waals surface area contributed by atoms with Crippen LogP contribution in [0.15, 0.2) is 0 Å². The van der Waals surface area contributed by atoms with Gasteiger partial charge in [-0.1, -0.05) is 15.9 Å². The Bertz CT molecular complexity index is 298. The number of nitrogens with zero attached hydrogens (tertiary/aromatic N) is 1. The third-order valence-corrected chi connectivity index (χ3v) is 4.61. The van der Waals surface area contributed by atoms with E-state index in [1.807, 2.05) is 6.92 Å². The van der Waals surface area contributed by atoms with Crippen LogP contribution in [-0.4, -0.2) is 45.2 Å². The minimum Gasteiger partial charge on any atom is -0.366 e. The molecule has 0 aromatic rings. The van der Waals surface area contributed by atoms with Crippen molar-refractivity contribution in [1.82, 2.24) is 4.90 Å². The first-order chi connectivity index (χ1) is 6.94. The van der Waals surface area contributed by atoms with Crippen LogP contribution < -0.4 is 0 Å². The number of alkyl halides is 1. The third kappa shape index (κ3) is 1.44. The number of fused-ring (bicyclic) bond motifs is 1. The third-order valence-electron chi connectivity index (χ3n) is 3.54. The van der Waals surface area contributed by atoms with Crippen LogP contribution in [0.3, 0.4) is 0 Å². The van der Waals surface area contributed by atoms with Crippen molar-refractivity contribution in [2.24, 2.45) is 0 Å². The van der Waals surface area contributed by atoms with E-state index in [2.05, 4.69) is 15.9 Å². The van der Waals surface area contributed by atoms with E-state index >= 15 is 0 Å². The molecule has 2 saturated heterocycles. The lowest BCUT2D eigenvalue weighted by Crippen LogP contribution is -2.67. The summed E-state index contributed by atoms with van der Waals surface area (Å²) in [5.74, 6) is -0.0234. The van der Waals surface area contributed by atoms with Gasteiger partial charge in [0.1, 0.15) is 0 Å². The van der Waals surface area contributed by atoms with Crippen molar-refractivity contribution in [3.8, 4) is 0 Å². The number of carbonyl (C=O) groups is 1. The molecule has 0 aromatic heterocycles. The van der Waals surface area contributed by atoms with Gasteiger partial charge in [0.25, 0.3) is 5.91 Å². The van der Waals surface area contributed by atoms with Gasteiger partial charge in [0, 0.05) is 11.9 Å². The molecule has 2 unspecified atom stereocenters. The average Bonchev–Trinajstić information content (AvgIpc) is 2.59. The summed E-state index contributed by atoms with van der Waals surface area (Å²) >= 11 is 3.27. The maximum Gasteiger partial charge on any atom is 0.256 e. The molecule has 3 atom stereocenters. The fourth-order valence-electron chi connectivity index (χ4n) is 2.37. The number of hydrogen-bond acceptors (Lipinski definition) is 3. The minimum atomic E-state index is -0.927. The van der Waals surface area contributed by atoms with Crippen molar-refractivity contribution in [3.63, 3.8) is 0 Å². The summed E-state index contributed by atoms with van der Waals surface area (Å²) in [6, 6.07) is 0. The Morgan fingerprint density at radius 3 is 2.93 bits per heavy atom. The van der Waals surface area contributed by atoms with Crippen molar-refractivity contribution in [2.75, 3.05) is 11.9 Å². The van der Waals surface area contributed by atoms with Crippen LogP contribution in [0.5, 0.6) is 0 Å². The van der Waals surface area contributed by atoms with Crippen molar-refractivity contribution in [3.05, 3.63) is 0 Å². The summed E-state index contributed by atoms with van der Waals surface area (Å²) < 4.78 is 5.47. The fraction of sp³-hybridized carbons (Fsp3) is 0.900. The molecule has 4 nitrogen and oxygen atoms in total. The van der Waals surface area contributed by atoms with Gasteiger partial charge < -0.3 is 14.7 Å². The van der Waals surface area contributed by atoms with Crippen LogP contribution in [0.25, 0.3) is 0 Å². The first-order valence-electron chi connectivity index (χ1n) is 5.18. The first-order valence-corrected chi connectivity index (χ1v) is 6.30. The lowest BCUT2D eigenvalue weighted by molar-refractivity contribution is -0.254. The lowest BCUT2D eigenvalue weighted by Gasteiger charge is -2.49. The molecule has 0 spiro atoms. The lowest BCUT2D eigenvalue weighted by atomic mass is 9.92. The van der Waals surface area contributed by atoms with Crippen LogP contribution >= 0.6 is 15.9 Å². The highest BCUT2D eigenvalue weighted by Gasteiger charge is 2.56. The molecule has 2 aliphatic rings. The molecular weight excluding hydrogens is 262 g/mol. The quantitative estimate of drug-likeness (QED) is 0.724. The molecule has 5 heteroatoms. The Labute approximate surface area is 97.7 Å². The number of morpholine rings is 1. The number of ether oxygens (including phenoxy) is 1. The summed E-state index contributed by atoms with van der Waals surface area (Å²) in [7, 11) is 0. The van der Waals surface area contributed by atoms with Gasteiger partial charge in [0.15, 0.2) is 11.9 Å². The molecule has 0 radical (unpaired) electrons. The number of halogens is 1. The molecule has 1 N–H and O–H groups in total. The van der Waals surface area contributed by atoms with Gasteiger partial charge in [0.05, 0.1) is 5.54 Å². The molecule has 2 fully saturated rings. The molecule has 86 valence electrons. The van der Waals surface area contributed by atoms with E-state index in [-0.39, 0.29) is 5.91 Å². The Hall–Kier alpha value is -0.130. The molecule has 0 aromatic carbocycles. The van der Waals surface area contributed by atoms with Crippen molar-refractivity contribution in [1.29, 1.82) is 0 Å². The van der Waals surface area contributed by atoms with Crippen molar-refractivity contribution >= 4 is 21.8 Å². The number of aliphatic hydroxyl groups excluding tert-OH is 1. The minimum absolute atomic E-state index is 0.0234. The second-order valence-corrected chi connectivity index (χ2v) is 5.31. The predicted octanol–water partition coefficient (Wildman–Crippen LogP) is 0.870. The summed E-state index contributed by atoms with van der Waals surface area (Å²) in [6.45, 7) is 4.32. The molecule has 0 aliphatic carbocycles. The van der Waals surface area contributed by atoms with E-state index in [0.717, 1.165) is 19.4 Å². The van der Waals surface area contributed by atoms with Crippen molar-refractivity contribution < 1.29 is 14.6 Å². The molecule has 15 heavy (non-hydrogen) atoms.